The Morgan fingerprint density at radius 2 is 1.60 bits per heavy atom. The fraction of sp³-hybridized carbons (Fsp3) is 0.565. The van der Waals surface area contributed by atoms with Crippen molar-refractivity contribution < 1.29 is 33.3 Å². The van der Waals surface area contributed by atoms with Gasteiger partial charge in [0.15, 0.2) is 6.10 Å². The van der Waals surface area contributed by atoms with E-state index in [4.69, 9.17) is 23.7 Å². The van der Waals surface area contributed by atoms with Crippen LogP contribution in [0.3, 0.4) is 0 Å². The fourth-order valence-corrected chi connectivity index (χ4v) is 3.93. The predicted octanol–water partition coefficient (Wildman–Crippen LogP) is 2.61. The van der Waals surface area contributed by atoms with Crippen LogP contribution in [-0.2, 0) is 39.7 Å². The lowest BCUT2D eigenvalue weighted by Crippen LogP contribution is -2.61. The maximum Gasteiger partial charge on any atom is 0.306 e. The normalized spacial score (nSPS) is 30.8. The number of carbonyl (C=O) groups is 2. The summed E-state index contributed by atoms with van der Waals surface area (Å²) >= 11 is 0. The number of hydrogen-bond acceptors (Lipinski definition) is 7. The van der Waals surface area contributed by atoms with Crippen LogP contribution in [0.4, 0.5) is 0 Å². The summed E-state index contributed by atoms with van der Waals surface area (Å²) in [4.78, 5) is 24.5. The average Bonchev–Trinajstić information content (AvgIpc) is 2.76. The van der Waals surface area contributed by atoms with Gasteiger partial charge in [0.05, 0.1) is 6.10 Å². The lowest BCUT2D eigenvalue weighted by Gasteiger charge is -2.45. The van der Waals surface area contributed by atoms with Crippen LogP contribution in [0, 0.1) is 0 Å². The van der Waals surface area contributed by atoms with Crippen LogP contribution < -0.4 is 0 Å². The maximum absolute atomic E-state index is 12.4. The number of benzene rings is 1. The highest BCUT2D eigenvalue weighted by molar-refractivity contribution is 5.70. The van der Waals surface area contributed by atoms with Crippen molar-refractivity contribution in [1.29, 1.82) is 0 Å². The van der Waals surface area contributed by atoms with Crippen molar-refractivity contribution in [1.82, 2.24) is 0 Å². The predicted molar refractivity (Wildman–Crippen MR) is 109 cm³/mol. The van der Waals surface area contributed by atoms with E-state index >= 15 is 0 Å². The number of fused-ring (bicyclic) bond motifs is 1. The van der Waals surface area contributed by atoms with Gasteiger partial charge in [0.25, 0.3) is 0 Å². The van der Waals surface area contributed by atoms with Gasteiger partial charge < -0.3 is 23.7 Å². The van der Waals surface area contributed by atoms with E-state index in [1.165, 1.54) is 0 Å². The molecule has 0 saturated carbocycles. The minimum atomic E-state index is -0.739. The first-order valence-corrected chi connectivity index (χ1v) is 10.4. The molecule has 0 aromatic heterocycles. The van der Waals surface area contributed by atoms with Crippen LogP contribution in [0.5, 0.6) is 0 Å². The third-order valence-corrected chi connectivity index (χ3v) is 5.43. The molecule has 7 nitrogen and oxygen atoms in total. The van der Waals surface area contributed by atoms with Gasteiger partial charge in [-0.15, -0.1) is 0 Å². The first-order chi connectivity index (χ1) is 14.6. The average molecular weight is 418 g/mol. The number of carbonyl (C=O) groups excluding carboxylic acids is 2. The summed E-state index contributed by atoms with van der Waals surface area (Å²) in [6.45, 7) is -0.0118. The van der Waals surface area contributed by atoms with Crippen molar-refractivity contribution in [2.45, 2.75) is 62.6 Å². The Morgan fingerprint density at radius 1 is 0.933 bits per heavy atom. The molecule has 1 saturated heterocycles. The lowest BCUT2D eigenvalue weighted by molar-refractivity contribution is -0.251. The summed E-state index contributed by atoms with van der Waals surface area (Å²) in [6.07, 6.45) is 3.27. The largest absolute Gasteiger partial charge is 0.463 e. The Labute approximate surface area is 177 Å². The molecule has 2 aliphatic heterocycles. The van der Waals surface area contributed by atoms with Crippen LogP contribution in [-0.4, -0.2) is 63.3 Å². The topological polar surface area (TPSA) is 80.3 Å². The quantitative estimate of drug-likeness (QED) is 0.549. The van der Waals surface area contributed by atoms with E-state index in [1.54, 1.807) is 14.2 Å². The molecule has 0 radical (unpaired) electrons. The summed E-state index contributed by atoms with van der Waals surface area (Å²) in [5, 5.41) is 0. The molecule has 164 valence electrons. The molecule has 30 heavy (non-hydrogen) atoms. The molecule has 2 heterocycles. The molecule has 3 rings (SSSR count). The number of hydrogen-bond donors (Lipinski definition) is 0. The van der Waals surface area contributed by atoms with Crippen molar-refractivity contribution in [3.63, 3.8) is 0 Å². The van der Waals surface area contributed by atoms with Crippen LogP contribution in [0.25, 0.3) is 0 Å². The Balaban J connectivity index is 1.83. The molecule has 0 N–H and O–H groups in total. The standard InChI is InChI=1S/C23H30O7/c1-26-21-17(14-16-10-6-5-7-11-16)29-18-15-28-19(24)12-8-3-4-9-13-20(25)30-22(18)23(21)27-2/h3-7,10-11,17-18,21-23H,8-9,12-15H2,1-2H3/t17-,18+,21-,22+,23+/m0/s1. The summed E-state index contributed by atoms with van der Waals surface area (Å²) in [6, 6.07) is 9.92. The number of esters is 2. The minimum Gasteiger partial charge on any atom is -0.463 e. The number of methoxy groups -OCH3 is 2. The minimum absolute atomic E-state index is 0.0118. The summed E-state index contributed by atoms with van der Waals surface area (Å²) in [5.41, 5.74) is 1.09. The molecule has 0 unspecified atom stereocenters. The third-order valence-electron chi connectivity index (χ3n) is 5.43. The van der Waals surface area contributed by atoms with Crippen molar-refractivity contribution in [3.05, 3.63) is 48.0 Å². The van der Waals surface area contributed by atoms with E-state index in [-0.39, 0.29) is 37.5 Å². The van der Waals surface area contributed by atoms with Gasteiger partial charge >= 0.3 is 11.9 Å². The SMILES string of the molecule is CO[C@@H]1[C@@H](OC)[C@H](Cc2ccccc2)O[C@@H]2COC(=O)CCC=CCCC(=O)O[C@@H]12. The van der Waals surface area contributed by atoms with E-state index in [1.807, 2.05) is 42.5 Å². The van der Waals surface area contributed by atoms with Gasteiger partial charge in [-0.05, 0) is 18.4 Å². The molecule has 5 atom stereocenters. The van der Waals surface area contributed by atoms with E-state index < -0.39 is 24.4 Å². The third kappa shape index (κ3) is 5.90. The Kier molecular flexibility index (Phi) is 8.42. The number of rotatable bonds is 4. The molecule has 0 amide bonds. The van der Waals surface area contributed by atoms with E-state index in [9.17, 15) is 9.59 Å². The Morgan fingerprint density at radius 3 is 2.27 bits per heavy atom. The molecular weight excluding hydrogens is 388 g/mol. The zero-order chi connectivity index (χ0) is 21.3. The van der Waals surface area contributed by atoms with Crippen LogP contribution in [0.15, 0.2) is 42.5 Å². The Bertz CT molecular complexity index is 718. The highest BCUT2D eigenvalue weighted by Crippen LogP contribution is 2.30. The smallest absolute Gasteiger partial charge is 0.306 e. The highest BCUT2D eigenvalue weighted by atomic mass is 16.6. The van der Waals surface area contributed by atoms with E-state index in [2.05, 4.69) is 0 Å². The summed E-state index contributed by atoms with van der Waals surface area (Å²) in [7, 11) is 3.15. The Hall–Kier alpha value is -2.22. The first kappa shape index (κ1) is 22.5. The lowest BCUT2D eigenvalue weighted by atomic mass is 9.91. The highest BCUT2D eigenvalue weighted by Gasteiger charge is 2.49. The number of ether oxygens (including phenoxy) is 5. The van der Waals surface area contributed by atoms with Gasteiger partial charge in [-0.2, -0.15) is 0 Å². The molecule has 0 spiro atoms. The van der Waals surface area contributed by atoms with E-state index in [0.717, 1.165) is 5.56 Å². The van der Waals surface area contributed by atoms with Gasteiger partial charge in [0, 0.05) is 33.5 Å². The summed E-state index contributed by atoms with van der Waals surface area (Å²) < 4.78 is 28.9. The summed E-state index contributed by atoms with van der Waals surface area (Å²) in [5.74, 6) is -0.655. The van der Waals surface area contributed by atoms with E-state index in [0.29, 0.717) is 19.3 Å². The fourth-order valence-electron chi connectivity index (χ4n) is 3.93. The van der Waals surface area contributed by atoms with Crippen LogP contribution >= 0.6 is 0 Å². The monoisotopic (exact) mass is 418 g/mol. The van der Waals surface area contributed by atoms with Crippen LogP contribution in [0.1, 0.15) is 31.2 Å². The van der Waals surface area contributed by atoms with Gasteiger partial charge in [0.2, 0.25) is 0 Å². The van der Waals surface area contributed by atoms with Gasteiger partial charge in [-0.25, -0.2) is 0 Å². The second kappa shape index (κ2) is 11.2. The van der Waals surface area contributed by atoms with Crippen molar-refractivity contribution in [2.24, 2.45) is 0 Å². The molecule has 1 fully saturated rings. The molecule has 7 heteroatoms. The molecule has 2 aliphatic rings. The van der Waals surface area contributed by atoms with Gasteiger partial charge in [-0.3, -0.25) is 9.59 Å². The van der Waals surface area contributed by atoms with Crippen molar-refractivity contribution >= 4 is 11.9 Å². The second-order valence-electron chi connectivity index (χ2n) is 7.49. The van der Waals surface area contributed by atoms with Crippen molar-refractivity contribution in [2.75, 3.05) is 20.8 Å². The maximum atomic E-state index is 12.4. The second-order valence-corrected chi connectivity index (χ2v) is 7.49. The zero-order valence-electron chi connectivity index (χ0n) is 17.5. The molecule has 1 aromatic rings. The molecule has 0 aliphatic carbocycles. The number of cyclic esters (lactones) is 1. The molecule has 0 bridgehead atoms. The van der Waals surface area contributed by atoms with Gasteiger partial charge in [0.1, 0.15) is 24.9 Å². The van der Waals surface area contributed by atoms with Crippen LogP contribution in [0.2, 0.25) is 0 Å². The molecular formula is C23H30O7. The molecule has 1 aromatic carbocycles. The zero-order valence-corrected chi connectivity index (χ0v) is 17.5. The van der Waals surface area contributed by atoms with Crippen molar-refractivity contribution in [3.8, 4) is 0 Å². The van der Waals surface area contributed by atoms with Gasteiger partial charge in [-0.1, -0.05) is 42.5 Å². The first-order valence-electron chi connectivity index (χ1n) is 10.4. The number of allylic oxidation sites excluding steroid dienone is 2.